The topological polar surface area (TPSA) is 0 Å². The summed E-state index contributed by atoms with van der Waals surface area (Å²) in [7, 11) is -2.57. The molecule has 0 nitrogen and oxygen atoms in total. The number of rotatable bonds is 10. The average Bonchev–Trinajstić information content (AvgIpc) is 3.39. The van der Waals surface area contributed by atoms with E-state index in [1.165, 1.54) is 33.4 Å². The Morgan fingerprint density at radius 3 is 0.875 bits per heavy atom. The summed E-state index contributed by atoms with van der Waals surface area (Å²) < 4.78 is -0.0564. The van der Waals surface area contributed by atoms with E-state index in [1.807, 2.05) is 0 Å². The normalized spacial score (nSPS) is 13.4. The molecule has 5 heteroatoms. The number of hydrogen-bond acceptors (Lipinski definition) is 0. The summed E-state index contributed by atoms with van der Waals surface area (Å²) in [5.74, 6) is 0. The van der Waals surface area contributed by atoms with Crippen molar-refractivity contribution in [3.05, 3.63) is 112 Å². The van der Waals surface area contributed by atoms with Gasteiger partial charge < -0.3 is 37.2 Å². The molecule has 4 rings (SSSR count). The summed E-state index contributed by atoms with van der Waals surface area (Å²) in [5.41, 5.74) is 8.78. The maximum Gasteiger partial charge on any atom is -1.00 e. The van der Waals surface area contributed by atoms with E-state index >= 15 is 0 Å². The molecule has 0 spiro atoms. The summed E-state index contributed by atoms with van der Waals surface area (Å²) in [6, 6.07) is 22.8. The molecule has 0 N–H and O–H groups in total. The minimum absolute atomic E-state index is 0. The number of aryl methyl sites for hydroxylation is 6. The Labute approximate surface area is 275 Å². The van der Waals surface area contributed by atoms with Crippen LogP contribution in [0.5, 0.6) is 0 Å². The third-order valence-electron chi connectivity index (χ3n) is 8.36. The predicted octanol–water partition coefficient (Wildman–Crippen LogP) is -2.09. The van der Waals surface area contributed by atoms with Crippen molar-refractivity contribution in [3.8, 4) is 0 Å². The summed E-state index contributed by atoms with van der Waals surface area (Å²) >= 11 is 2.51. The Bertz CT molecular complexity index is 1110. The first kappa shape index (κ1) is 37.0. The third-order valence-corrected chi connectivity index (χ3v) is 15.7. The van der Waals surface area contributed by atoms with E-state index in [-0.39, 0.29) is 40.6 Å². The first-order valence-electron chi connectivity index (χ1n) is 14.4. The van der Waals surface area contributed by atoms with Crippen molar-refractivity contribution in [2.45, 2.75) is 83.4 Å². The Hall–Kier alpha value is -1.06. The number of benzene rings is 3. The second-order valence-electron chi connectivity index (χ2n) is 10.6. The molecule has 1 aliphatic rings. The number of hydrogen-bond donors (Lipinski definition) is 0. The van der Waals surface area contributed by atoms with Crippen LogP contribution in [-0.4, -0.2) is 8.07 Å². The van der Waals surface area contributed by atoms with E-state index in [2.05, 4.69) is 141 Å². The molecule has 0 amide bonds. The van der Waals surface area contributed by atoms with Crippen molar-refractivity contribution >= 4 is 23.6 Å². The molecule has 0 saturated heterocycles. The molecule has 0 aliphatic heterocycles. The molecule has 0 bridgehead atoms. The molecule has 0 heterocycles. The van der Waals surface area contributed by atoms with Crippen LogP contribution >= 0.6 is 0 Å². The largest absolute Gasteiger partial charge is 1.00 e. The summed E-state index contributed by atoms with van der Waals surface area (Å²) in [4.78, 5) is 0. The van der Waals surface area contributed by atoms with E-state index in [0.717, 1.165) is 38.5 Å². The zero-order chi connectivity index (χ0) is 26.6. The summed E-state index contributed by atoms with van der Waals surface area (Å²) in [5, 5.41) is 4.69. The molecule has 0 atom stereocenters. The molecule has 3 aromatic carbocycles. The van der Waals surface area contributed by atoms with E-state index in [4.69, 9.17) is 0 Å². The number of halogens is 3. The van der Waals surface area contributed by atoms with Gasteiger partial charge in [0.1, 0.15) is 0 Å². The standard InChI is InChI=1S/C35H43Si.3ClH.Ti/c1-7-26-17-27(8-2)21-33(20-26)36(32-15-13-14-16-32,34-22-28(9-3)18-29(10-4)23-34)35-24-30(11-5)19-31(12-6)25-35;;;;/h13-25H,7-12H2,1-6H3;3*1H;/q;;;;+3/p-3. The minimum Gasteiger partial charge on any atom is -1.00 e. The van der Waals surface area contributed by atoms with Gasteiger partial charge in [0.15, 0.2) is 0 Å². The first-order chi connectivity index (χ1) is 17.9. The van der Waals surface area contributed by atoms with Crippen LogP contribution in [0.2, 0.25) is 3.34 Å². The summed E-state index contributed by atoms with van der Waals surface area (Å²) in [6.45, 7) is 13.8. The molecule has 40 heavy (non-hydrogen) atoms. The van der Waals surface area contributed by atoms with Crippen molar-refractivity contribution in [3.63, 3.8) is 0 Å². The maximum absolute atomic E-state index is 2.57. The van der Waals surface area contributed by atoms with Crippen LogP contribution in [0, 0.1) is 0 Å². The SMILES string of the molecule is CCc1cc(CC)cc([Si](c2cc(CC)cc(CC)c2)(c2cc(CC)cc(CC)c2)[C]2([Ti+3])C=CC=C2)c1.[Cl-].[Cl-].[Cl-]. The van der Waals surface area contributed by atoms with Crippen LogP contribution in [0.3, 0.4) is 0 Å². The first-order valence-corrected chi connectivity index (χ1v) is 17.2. The molecule has 1 aliphatic carbocycles. The van der Waals surface area contributed by atoms with Gasteiger partial charge in [-0.1, -0.05) is 0 Å². The van der Waals surface area contributed by atoms with Gasteiger partial charge in [0, 0.05) is 0 Å². The molecule has 0 aromatic heterocycles. The van der Waals surface area contributed by atoms with Gasteiger partial charge >= 0.3 is 240 Å². The molecule has 0 fully saturated rings. The zero-order valence-electron chi connectivity index (χ0n) is 24.9. The summed E-state index contributed by atoms with van der Waals surface area (Å²) in [6.07, 6.45) is 16.0. The second-order valence-corrected chi connectivity index (χ2v) is 16.7. The van der Waals surface area contributed by atoms with E-state index in [9.17, 15) is 0 Å². The van der Waals surface area contributed by atoms with E-state index in [0.29, 0.717) is 0 Å². The fourth-order valence-corrected chi connectivity index (χ4v) is 14.0. The Morgan fingerprint density at radius 1 is 0.450 bits per heavy atom. The molecule has 212 valence electrons. The van der Waals surface area contributed by atoms with Crippen LogP contribution < -0.4 is 52.8 Å². The van der Waals surface area contributed by atoms with Crippen molar-refractivity contribution in [2.75, 3.05) is 0 Å². The van der Waals surface area contributed by atoms with Crippen molar-refractivity contribution < 1.29 is 57.7 Å². The van der Waals surface area contributed by atoms with Gasteiger partial charge in [-0.15, -0.1) is 0 Å². The van der Waals surface area contributed by atoms with Gasteiger partial charge in [0.25, 0.3) is 0 Å². The minimum atomic E-state index is -2.57. The van der Waals surface area contributed by atoms with Crippen LogP contribution in [0.4, 0.5) is 0 Å². The molecular weight excluding hydrogens is 603 g/mol. The van der Waals surface area contributed by atoms with Crippen LogP contribution in [-0.2, 0) is 59.0 Å². The fourth-order valence-electron chi connectivity index (χ4n) is 6.10. The molecule has 0 radical (unpaired) electrons. The maximum atomic E-state index is 2.57. The van der Waals surface area contributed by atoms with Gasteiger partial charge in [-0.3, -0.25) is 0 Å². The van der Waals surface area contributed by atoms with Crippen LogP contribution in [0.25, 0.3) is 0 Å². The molecular formula is C35H43Cl3SiTi. The molecule has 3 aromatic rings. The van der Waals surface area contributed by atoms with Crippen molar-refractivity contribution in [2.24, 2.45) is 0 Å². The third kappa shape index (κ3) is 6.94. The Morgan fingerprint density at radius 2 is 0.675 bits per heavy atom. The molecule has 0 unspecified atom stereocenters. The quantitative estimate of drug-likeness (QED) is 0.176. The number of allylic oxidation sites excluding steroid dienone is 4. The van der Waals surface area contributed by atoms with E-state index < -0.39 is 8.07 Å². The van der Waals surface area contributed by atoms with Gasteiger partial charge in [0.2, 0.25) is 0 Å². The monoisotopic (exact) mass is 644 g/mol. The van der Waals surface area contributed by atoms with Crippen LogP contribution in [0.1, 0.15) is 74.9 Å². The smallest absolute Gasteiger partial charge is 1.00 e. The average molecular weight is 646 g/mol. The van der Waals surface area contributed by atoms with Gasteiger partial charge in [-0.2, -0.15) is 0 Å². The Balaban J connectivity index is 0.00000267. The van der Waals surface area contributed by atoms with E-state index in [1.54, 1.807) is 15.6 Å². The van der Waals surface area contributed by atoms with Gasteiger partial charge in [-0.25, -0.2) is 0 Å². The van der Waals surface area contributed by atoms with Gasteiger partial charge in [-0.05, 0) is 0 Å². The molecule has 0 saturated carbocycles. The van der Waals surface area contributed by atoms with Crippen molar-refractivity contribution in [1.82, 2.24) is 0 Å². The fraction of sp³-hybridized carbons (Fsp3) is 0.371. The zero-order valence-corrected chi connectivity index (χ0v) is 29.7. The Kier molecular flexibility index (Phi) is 14.8. The van der Waals surface area contributed by atoms with Gasteiger partial charge in [0.05, 0.1) is 0 Å². The second kappa shape index (κ2) is 16.0. The van der Waals surface area contributed by atoms with Crippen molar-refractivity contribution in [1.29, 1.82) is 0 Å². The predicted molar refractivity (Wildman–Crippen MR) is 161 cm³/mol. The van der Waals surface area contributed by atoms with Crippen LogP contribution in [0.15, 0.2) is 78.9 Å².